The van der Waals surface area contributed by atoms with Gasteiger partial charge in [0, 0.05) is 19.1 Å². The number of hydrogen-bond donors (Lipinski definition) is 2. The van der Waals surface area contributed by atoms with Gasteiger partial charge in [0.05, 0.1) is 12.3 Å². The van der Waals surface area contributed by atoms with Crippen LogP contribution < -0.4 is 11.3 Å². The zero-order chi connectivity index (χ0) is 13.7. The molecule has 1 fully saturated rings. The predicted octanol–water partition coefficient (Wildman–Crippen LogP) is 2.59. The summed E-state index contributed by atoms with van der Waals surface area (Å²) >= 11 is 0. The van der Waals surface area contributed by atoms with E-state index in [1.165, 1.54) is 32.1 Å². The summed E-state index contributed by atoms with van der Waals surface area (Å²) in [5.74, 6) is 8.41. The first-order valence-electron chi connectivity index (χ1n) is 7.10. The maximum atomic E-state index is 5.48. The molecular formula is C14H24N4O. The van der Waals surface area contributed by atoms with Crippen LogP contribution in [-0.4, -0.2) is 17.1 Å². The quantitative estimate of drug-likeness (QED) is 0.631. The van der Waals surface area contributed by atoms with Crippen molar-refractivity contribution in [3.05, 3.63) is 17.6 Å². The van der Waals surface area contributed by atoms with Gasteiger partial charge in [0.25, 0.3) is 0 Å². The predicted molar refractivity (Wildman–Crippen MR) is 75.5 cm³/mol. The summed E-state index contributed by atoms with van der Waals surface area (Å²) in [6.45, 7) is 2.77. The molecule has 0 unspecified atom stereocenters. The second kappa shape index (κ2) is 6.82. The van der Waals surface area contributed by atoms with Crippen LogP contribution in [0.25, 0.3) is 0 Å². The third-order valence-corrected chi connectivity index (χ3v) is 4.03. The maximum Gasteiger partial charge on any atom is 0.144 e. The molecule has 1 aromatic heterocycles. The monoisotopic (exact) mass is 264 g/mol. The highest BCUT2D eigenvalue weighted by atomic mass is 16.5. The molecule has 1 aliphatic carbocycles. The number of nitrogens with zero attached hydrogens (tertiary/aromatic N) is 2. The van der Waals surface area contributed by atoms with E-state index in [1.807, 2.05) is 6.07 Å². The standard InChI is InChI=1S/C14H24N4O/c1-3-10-4-6-11(7-5-10)14-16-12(9-19-2)8-13(17-14)18-15/h8,10-11H,3-7,9,15H2,1-2H3,(H,16,17,18). The summed E-state index contributed by atoms with van der Waals surface area (Å²) < 4.78 is 5.15. The highest BCUT2D eigenvalue weighted by Gasteiger charge is 2.23. The van der Waals surface area contributed by atoms with Crippen LogP contribution in [0, 0.1) is 5.92 Å². The summed E-state index contributed by atoms with van der Waals surface area (Å²) in [6.07, 6.45) is 6.21. The lowest BCUT2D eigenvalue weighted by molar-refractivity contribution is 0.181. The first-order chi connectivity index (χ1) is 9.26. The van der Waals surface area contributed by atoms with E-state index < -0.39 is 0 Å². The van der Waals surface area contributed by atoms with Crippen molar-refractivity contribution in [2.24, 2.45) is 11.8 Å². The summed E-state index contributed by atoms with van der Waals surface area (Å²) in [5, 5.41) is 0. The molecule has 3 N–H and O–H groups in total. The number of ether oxygens (including phenoxy) is 1. The minimum atomic E-state index is 0.465. The zero-order valence-electron chi connectivity index (χ0n) is 11.9. The number of anilines is 1. The fourth-order valence-electron chi connectivity index (χ4n) is 2.83. The summed E-state index contributed by atoms with van der Waals surface area (Å²) in [5.41, 5.74) is 3.51. The number of nitrogens with two attached hydrogens (primary N) is 1. The van der Waals surface area contributed by atoms with E-state index in [1.54, 1.807) is 7.11 Å². The van der Waals surface area contributed by atoms with Gasteiger partial charge in [0.1, 0.15) is 11.6 Å². The van der Waals surface area contributed by atoms with Gasteiger partial charge in [0.2, 0.25) is 0 Å². The van der Waals surface area contributed by atoms with Crippen LogP contribution in [0.3, 0.4) is 0 Å². The average Bonchev–Trinajstić information content (AvgIpc) is 2.47. The van der Waals surface area contributed by atoms with Gasteiger partial charge < -0.3 is 10.2 Å². The fourth-order valence-corrected chi connectivity index (χ4v) is 2.83. The van der Waals surface area contributed by atoms with Crippen LogP contribution >= 0.6 is 0 Å². The fraction of sp³-hybridized carbons (Fsp3) is 0.714. The molecule has 5 heteroatoms. The maximum absolute atomic E-state index is 5.48. The Labute approximate surface area is 114 Å². The Morgan fingerprint density at radius 2 is 2.05 bits per heavy atom. The van der Waals surface area contributed by atoms with E-state index in [4.69, 9.17) is 10.6 Å². The lowest BCUT2D eigenvalue weighted by atomic mass is 9.80. The van der Waals surface area contributed by atoms with E-state index in [2.05, 4.69) is 22.3 Å². The van der Waals surface area contributed by atoms with E-state index in [0.717, 1.165) is 17.4 Å². The first-order valence-corrected chi connectivity index (χ1v) is 7.10. The van der Waals surface area contributed by atoms with Gasteiger partial charge in [-0.15, -0.1) is 0 Å². The zero-order valence-corrected chi connectivity index (χ0v) is 11.9. The smallest absolute Gasteiger partial charge is 0.144 e. The molecule has 1 heterocycles. The SMILES string of the molecule is CCC1CCC(c2nc(COC)cc(NN)n2)CC1. The highest BCUT2D eigenvalue weighted by molar-refractivity contribution is 5.34. The van der Waals surface area contributed by atoms with E-state index in [-0.39, 0.29) is 0 Å². The number of nitrogen functional groups attached to an aromatic ring is 1. The molecule has 106 valence electrons. The van der Waals surface area contributed by atoms with Crippen molar-refractivity contribution in [3.63, 3.8) is 0 Å². The molecule has 2 rings (SSSR count). The van der Waals surface area contributed by atoms with Crippen molar-refractivity contribution in [2.75, 3.05) is 12.5 Å². The third kappa shape index (κ3) is 3.64. The lowest BCUT2D eigenvalue weighted by Gasteiger charge is -2.27. The molecule has 0 aromatic carbocycles. The van der Waals surface area contributed by atoms with Crippen molar-refractivity contribution in [1.82, 2.24) is 9.97 Å². The summed E-state index contributed by atoms with van der Waals surface area (Å²) in [7, 11) is 1.67. The molecule has 1 aliphatic rings. The molecule has 0 amide bonds. The molecule has 0 spiro atoms. The Morgan fingerprint density at radius 3 is 2.63 bits per heavy atom. The number of methoxy groups -OCH3 is 1. The van der Waals surface area contributed by atoms with Gasteiger partial charge in [-0.25, -0.2) is 15.8 Å². The van der Waals surface area contributed by atoms with E-state index >= 15 is 0 Å². The number of aromatic nitrogens is 2. The molecule has 19 heavy (non-hydrogen) atoms. The highest BCUT2D eigenvalue weighted by Crippen LogP contribution is 2.35. The number of hydrazine groups is 1. The van der Waals surface area contributed by atoms with Crippen LogP contribution in [0.1, 0.15) is 56.5 Å². The Bertz CT molecular complexity index is 402. The minimum Gasteiger partial charge on any atom is -0.378 e. The van der Waals surface area contributed by atoms with Gasteiger partial charge in [-0.1, -0.05) is 13.3 Å². The summed E-state index contributed by atoms with van der Waals surface area (Å²) in [6, 6.07) is 1.84. The second-order valence-electron chi connectivity index (χ2n) is 5.31. The second-order valence-corrected chi connectivity index (χ2v) is 5.31. The number of nitrogens with one attached hydrogen (secondary N) is 1. The molecule has 0 aliphatic heterocycles. The first kappa shape index (κ1) is 14.2. The van der Waals surface area contributed by atoms with Crippen LogP contribution in [0.15, 0.2) is 6.07 Å². The van der Waals surface area contributed by atoms with Gasteiger partial charge >= 0.3 is 0 Å². The van der Waals surface area contributed by atoms with Gasteiger partial charge in [0.15, 0.2) is 0 Å². The van der Waals surface area contributed by atoms with Crippen LogP contribution in [0.4, 0.5) is 5.82 Å². The third-order valence-electron chi connectivity index (χ3n) is 4.03. The van der Waals surface area contributed by atoms with Gasteiger partial charge in [-0.2, -0.15) is 0 Å². The molecule has 1 saturated carbocycles. The van der Waals surface area contributed by atoms with Crippen LogP contribution in [0.5, 0.6) is 0 Å². The normalized spacial score (nSPS) is 23.3. The van der Waals surface area contributed by atoms with Crippen molar-refractivity contribution < 1.29 is 4.74 Å². The largest absolute Gasteiger partial charge is 0.378 e. The van der Waals surface area contributed by atoms with Crippen molar-refractivity contribution >= 4 is 5.82 Å². The Morgan fingerprint density at radius 1 is 1.32 bits per heavy atom. The van der Waals surface area contributed by atoms with Crippen molar-refractivity contribution in [1.29, 1.82) is 0 Å². The van der Waals surface area contributed by atoms with E-state index in [9.17, 15) is 0 Å². The molecular weight excluding hydrogens is 240 g/mol. The molecule has 5 nitrogen and oxygen atoms in total. The van der Waals surface area contributed by atoms with Gasteiger partial charge in [-0.3, -0.25) is 0 Å². The minimum absolute atomic E-state index is 0.465. The molecule has 0 bridgehead atoms. The molecule has 0 saturated heterocycles. The number of hydrogen-bond acceptors (Lipinski definition) is 5. The molecule has 1 aromatic rings. The molecule has 0 radical (unpaired) electrons. The summed E-state index contributed by atoms with van der Waals surface area (Å²) in [4.78, 5) is 9.12. The Balaban J connectivity index is 2.12. The molecule has 0 atom stereocenters. The van der Waals surface area contributed by atoms with Crippen molar-refractivity contribution in [2.45, 2.75) is 51.6 Å². The Kier molecular flexibility index (Phi) is 5.10. The topological polar surface area (TPSA) is 73.1 Å². The Hall–Kier alpha value is -1.20. The van der Waals surface area contributed by atoms with Crippen LogP contribution in [0.2, 0.25) is 0 Å². The van der Waals surface area contributed by atoms with Gasteiger partial charge in [-0.05, 0) is 31.6 Å². The lowest BCUT2D eigenvalue weighted by Crippen LogP contribution is -2.17. The van der Waals surface area contributed by atoms with E-state index in [0.29, 0.717) is 18.3 Å². The van der Waals surface area contributed by atoms with Crippen molar-refractivity contribution in [3.8, 4) is 0 Å². The van der Waals surface area contributed by atoms with Crippen LogP contribution in [-0.2, 0) is 11.3 Å². The number of rotatable bonds is 5. The average molecular weight is 264 g/mol.